The Labute approximate surface area is 203 Å². The van der Waals surface area contributed by atoms with E-state index in [1.807, 2.05) is 31.2 Å². The van der Waals surface area contributed by atoms with Crippen LogP contribution in [0.5, 0.6) is 0 Å². The Hall–Kier alpha value is -3.76. The molecule has 1 aromatic heterocycles. The molecule has 11 nitrogen and oxygen atoms in total. The molecule has 186 valence electrons. The van der Waals surface area contributed by atoms with Crippen molar-refractivity contribution in [3.8, 4) is 0 Å². The van der Waals surface area contributed by atoms with E-state index in [1.54, 1.807) is 0 Å². The minimum Gasteiger partial charge on any atom is -0.456 e. The van der Waals surface area contributed by atoms with Crippen LogP contribution in [0.4, 0.5) is 22.4 Å². The third-order valence-electron chi connectivity index (χ3n) is 6.36. The third kappa shape index (κ3) is 5.33. The van der Waals surface area contributed by atoms with Gasteiger partial charge in [-0.25, -0.2) is 4.79 Å². The van der Waals surface area contributed by atoms with Gasteiger partial charge < -0.3 is 21.1 Å². The second-order valence-electron chi connectivity index (χ2n) is 10.3. The van der Waals surface area contributed by atoms with Gasteiger partial charge in [-0.3, -0.25) is 14.5 Å². The molecule has 2 heterocycles. The number of nitrogens with zero attached hydrogens (tertiary/aromatic N) is 4. The lowest BCUT2D eigenvalue weighted by molar-refractivity contribution is -0.149. The first kappa shape index (κ1) is 24.4. The molecule has 0 bridgehead atoms. The summed E-state index contributed by atoms with van der Waals surface area (Å²) in [5, 5.41) is 5.91. The third-order valence-corrected chi connectivity index (χ3v) is 6.36. The molecule has 0 radical (unpaired) electrons. The Morgan fingerprint density at radius 3 is 2.69 bits per heavy atom. The fraction of sp³-hybridized carbons (Fsp3) is 0.500. The van der Waals surface area contributed by atoms with Crippen LogP contribution in [0.1, 0.15) is 51.4 Å². The van der Waals surface area contributed by atoms with Crippen LogP contribution in [0.3, 0.4) is 0 Å². The Morgan fingerprint density at radius 1 is 1.23 bits per heavy atom. The minimum absolute atomic E-state index is 0.0350. The zero-order valence-corrected chi connectivity index (χ0v) is 20.4. The fourth-order valence-electron chi connectivity index (χ4n) is 5.36. The van der Waals surface area contributed by atoms with Crippen molar-refractivity contribution in [2.75, 3.05) is 17.6 Å². The van der Waals surface area contributed by atoms with E-state index in [0.29, 0.717) is 12.8 Å². The largest absolute Gasteiger partial charge is 0.456 e. The van der Waals surface area contributed by atoms with Crippen molar-refractivity contribution in [3.05, 3.63) is 35.7 Å². The molecule has 1 spiro atoms. The van der Waals surface area contributed by atoms with Gasteiger partial charge in [-0.05, 0) is 49.1 Å². The molecule has 2 aliphatic rings. The lowest BCUT2D eigenvalue weighted by Crippen LogP contribution is -2.54. The van der Waals surface area contributed by atoms with Crippen LogP contribution < -0.4 is 16.4 Å². The Kier molecular flexibility index (Phi) is 6.35. The molecule has 1 aliphatic carbocycles. The molecule has 11 heteroatoms. The number of hydrogen-bond acceptors (Lipinski definition) is 9. The van der Waals surface area contributed by atoms with Gasteiger partial charge in [0, 0.05) is 5.69 Å². The number of ether oxygens (including phenoxy) is 1. The van der Waals surface area contributed by atoms with Crippen molar-refractivity contribution in [3.63, 3.8) is 0 Å². The van der Waals surface area contributed by atoms with Gasteiger partial charge in [0.2, 0.25) is 11.9 Å². The standard InChI is InChI=1S/C24H31N7O4/c1-14-9-23(3,4)13-24(10-14)19(33)31(22(34)30-24)11-18(32)35-12-17-27-20(25)29-21(28-17)26-16-8-6-5-7-15(16)2/h5-8,14H,9-13H2,1-4H3,(H,30,34)(H3,25,26,27,28,29). The predicted molar refractivity (Wildman–Crippen MR) is 128 cm³/mol. The molecule has 1 aliphatic heterocycles. The summed E-state index contributed by atoms with van der Waals surface area (Å²) >= 11 is 0. The van der Waals surface area contributed by atoms with Crippen LogP contribution in [-0.4, -0.2) is 49.8 Å². The maximum absolute atomic E-state index is 13.2. The molecule has 1 saturated heterocycles. The molecule has 1 aromatic carbocycles. The zero-order valence-electron chi connectivity index (χ0n) is 20.4. The summed E-state index contributed by atoms with van der Waals surface area (Å²) in [4.78, 5) is 51.6. The second-order valence-corrected chi connectivity index (χ2v) is 10.3. The summed E-state index contributed by atoms with van der Waals surface area (Å²) in [6.07, 6.45) is 2.05. The summed E-state index contributed by atoms with van der Waals surface area (Å²) < 4.78 is 5.26. The number of carbonyl (C=O) groups is 3. The number of carbonyl (C=O) groups excluding carboxylic acids is 3. The molecule has 2 atom stereocenters. The van der Waals surface area contributed by atoms with Crippen molar-refractivity contribution in [2.24, 2.45) is 11.3 Å². The molecule has 4 rings (SSSR count). The molecular weight excluding hydrogens is 450 g/mol. The number of hydrogen-bond donors (Lipinski definition) is 3. The molecule has 2 unspecified atom stereocenters. The maximum Gasteiger partial charge on any atom is 0.326 e. The maximum atomic E-state index is 13.2. The van der Waals surface area contributed by atoms with Gasteiger partial charge in [0.1, 0.15) is 12.1 Å². The van der Waals surface area contributed by atoms with Crippen molar-refractivity contribution < 1.29 is 19.1 Å². The SMILES string of the molecule is Cc1ccccc1Nc1nc(N)nc(COC(=O)CN2C(=O)NC3(CC(C)CC(C)(C)C3)C2=O)n1. The molecule has 1 saturated carbocycles. The van der Waals surface area contributed by atoms with Crippen LogP contribution in [0.25, 0.3) is 0 Å². The highest BCUT2D eigenvalue weighted by Gasteiger charge is 2.56. The van der Waals surface area contributed by atoms with Crippen LogP contribution in [-0.2, 0) is 20.9 Å². The van der Waals surface area contributed by atoms with E-state index in [-0.39, 0.29) is 41.6 Å². The van der Waals surface area contributed by atoms with Crippen LogP contribution in [0.15, 0.2) is 24.3 Å². The monoisotopic (exact) mass is 481 g/mol. The fourth-order valence-corrected chi connectivity index (χ4v) is 5.36. The summed E-state index contributed by atoms with van der Waals surface area (Å²) in [6, 6.07) is 7.01. The van der Waals surface area contributed by atoms with Crippen molar-refractivity contribution >= 4 is 35.5 Å². The van der Waals surface area contributed by atoms with Crippen LogP contribution >= 0.6 is 0 Å². The van der Waals surface area contributed by atoms with Crippen molar-refractivity contribution in [1.82, 2.24) is 25.2 Å². The van der Waals surface area contributed by atoms with Gasteiger partial charge in [0.15, 0.2) is 12.4 Å². The highest BCUT2D eigenvalue weighted by atomic mass is 16.5. The number of nitrogens with one attached hydrogen (secondary N) is 2. The first-order valence-electron chi connectivity index (χ1n) is 11.6. The summed E-state index contributed by atoms with van der Waals surface area (Å²) in [7, 11) is 0. The zero-order chi connectivity index (χ0) is 25.4. The van der Waals surface area contributed by atoms with Crippen LogP contribution in [0, 0.1) is 18.3 Å². The number of para-hydroxylation sites is 1. The average Bonchev–Trinajstić information content (AvgIpc) is 2.95. The van der Waals surface area contributed by atoms with E-state index in [9.17, 15) is 14.4 Å². The number of esters is 1. The topological polar surface area (TPSA) is 152 Å². The van der Waals surface area contributed by atoms with Gasteiger partial charge in [0.25, 0.3) is 5.91 Å². The second kappa shape index (κ2) is 9.12. The predicted octanol–water partition coefficient (Wildman–Crippen LogP) is 2.69. The van der Waals surface area contributed by atoms with Gasteiger partial charge in [0.05, 0.1) is 0 Å². The van der Waals surface area contributed by atoms with Crippen LogP contribution in [0.2, 0.25) is 0 Å². The number of urea groups is 1. The number of aromatic nitrogens is 3. The average molecular weight is 482 g/mol. The number of amides is 3. The number of anilines is 3. The molecule has 4 N–H and O–H groups in total. The molecule has 2 aromatic rings. The van der Waals surface area contributed by atoms with Crippen molar-refractivity contribution in [1.29, 1.82) is 0 Å². The number of nitrogen functional groups attached to an aromatic ring is 1. The Balaban J connectivity index is 1.39. The highest BCUT2D eigenvalue weighted by Crippen LogP contribution is 2.46. The lowest BCUT2D eigenvalue weighted by atomic mass is 9.64. The number of benzene rings is 1. The smallest absolute Gasteiger partial charge is 0.326 e. The van der Waals surface area contributed by atoms with Gasteiger partial charge in [-0.15, -0.1) is 0 Å². The van der Waals surface area contributed by atoms with E-state index in [0.717, 1.165) is 22.6 Å². The first-order chi connectivity index (χ1) is 16.5. The van der Waals surface area contributed by atoms with E-state index < -0.39 is 24.1 Å². The molecule has 3 amide bonds. The van der Waals surface area contributed by atoms with Gasteiger partial charge >= 0.3 is 12.0 Å². The number of aryl methyl sites for hydroxylation is 1. The summed E-state index contributed by atoms with van der Waals surface area (Å²) in [5.74, 6) is -0.547. The number of rotatable bonds is 6. The summed E-state index contributed by atoms with van der Waals surface area (Å²) in [5.41, 5.74) is 6.50. The quantitative estimate of drug-likeness (QED) is 0.417. The van der Waals surface area contributed by atoms with Gasteiger partial charge in [-0.1, -0.05) is 39.0 Å². The van der Waals surface area contributed by atoms with E-state index in [1.165, 1.54) is 0 Å². The Morgan fingerprint density at radius 2 is 1.97 bits per heavy atom. The van der Waals surface area contributed by atoms with Crippen molar-refractivity contribution in [2.45, 2.75) is 59.1 Å². The normalized spacial score (nSPS) is 23.3. The number of imide groups is 1. The number of nitrogens with two attached hydrogens (primary N) is 1. The first-order valence-corrected chi connectivity index (χ1v) is 11.6. The molecule has 2 fully saturated rings. The van der Waals surface area contributed by atoms with Gasteiger partial charge in [-0.2, -0.15) is 15.0 Å². The Bertz CT molecular complexity index is 1170. The van der Waals surface area contributed by atoms with E-state index >= 15 is 0 Å². The summed E-state index contributed by atoms with van der Waals surface area (Å²) in [6.45, 7) is 7.40. The van der Waals surface area contributed by atoms with E-state index in [2.05, 4.69) is 46.4 Å². The minimum atomic E-state index is -0.975. The van der Waals surface area contributed by atoms with E-state index in [4.69, 9.17) is 10.5 Å². The molecule has 35 heavy (non-hydrogen) atoms. The molecular formula is C24H31N7O4. The highest BCUT2D eigenvalue weighted by molar-refractivity contribution is 6.08. The lowest BCUT2D eigenvalue weighted by Gasteiger charge is -2.43.